The molecule has 14 nitrogen and oxygen atoms in total. The number of aromatic nitrogens is 10. The molecular weight excluding hydrogens is 802 g/mol. The summed E-state index contributed by atoms with van der Waals surface area (Å²) in [6, 6.07) is 21.9. The fourth-order valence-corrected chi connectivity index (χ4v) is 7.04. The van der Waals surface area contributed by atoms with Crippen molar-refractivity contribution in [2.45, 2.75) is 26.1 Å². The highest BCUT2D eigenvalue weighted by atomic mass is 35.5. The number of aliphatic hydroxyl groups excluding tert-OH is 2. The number of nitrogens with one attached hydrogen (secondary N) is 3. The molecule has 10 rings (SSSR count). The Kier molecular flexibility index (Phi) is 11.7. The van der Waals surface area contributed by atoms with E-state index in [4.69, 9.17) is 17.3 Å². The summed E-state index contributed by atoms with van der Waals surface area (Å²) in [5, 5.41) is 34.5. The quantitative estimate of drug-likeness (QED) is 0.0818. The summed E-state index contributed by atoms with van der Waals surface area (Å²) in [5.41, 5.74) is 14.5. The zero-order chi connectivity index (χ0) is 42.6. The summed E-state index contributed by atoms with van der Waals surface area (Å²) in [6.07, 6.45) is 11.1. The van der Waals surface area contributed by atoms with Crippen molar-refractivity contribution in [3.8, 4) is 22.5 Å². The van der Waals surface area contributed by atoms with Crippen LogP contribution >= 0.6 is 11.6 Å². The molecule has 0 unspecified atom stereocenters. The van der Waals surface area contributed by atoms with Gasteiger partial charge in [0.05, 0.1) is 48.4 Å². The van der Waals surface area contributed by atoms with Gasteiger partial charge in [0.2, 0.25) is 0 Å². The van der Waals surface area contributed by atoms with Gasteiger partial charge < -0.3 is 31.2 Å². The molecule has 2 atom stereocenters. The molecule has 0 fully saturated rings. The Balaban J connectivity index is 0.000000140. The van der Waals surface area contributed by atoms with E-state index >= 15 is 0 Å². The number of pyridine rings is 2. The number of benzene rings is 2. The predicted molar refractivity (Wildman–Crippen MR) is 231 cm³/mol. The van der Waals surface area contributed by atoms with Gasteiger partial charge in [0.1, 0.15) is 22.6 Å². The highest BCUT2D eigenvalue weighted by Gasteiger charge is 2.17. The van der Waals surface area contributed by atoms with Crippen molar-refractivity contribution in [2.75, 3.05) is 18.4 Å². The van der Waals surface area contributed by atoms with Crippen LogP contribution in [0.2, 0.25) is 5.15 Å². The third kappa shape index (κ3) is 8.64. The van der Waals surface area contributed by atoms with E-state index in [-0.39, 0.29) is 13.1 Å². The summed E-state index contributed by atoms with van der Waals surface area (Å²) < 4.78 is 30.0. The van der Waals surface area contributed by atoms with Gasteiger partial charge in [0.25, 0.3) is 0 Å². The number of halogens is 3. The van der Waals surface area contributed by atoms with Crippen LogP contribution in [0.4, 0.5) is 14.6 Å². The number of para-hydroxylation sites is 2. The fraction of sp³-hybridized carbons (Fsp3) is 0.136. The van der Waals surface area contributed by atoms with E-state index in [9.17, 15) is 19.0 Å². The molecule has 2 aromatic carbocycles. The average Bonchev–Trinajstić information content (AvgIpc) is 4.09. The smallest absolute Gasteiger partial charge is 0.160 e. The average molecular weight is 841 g/mol. The van der Waals surface area contributed by atoms with E-state index in [1.54, 1.807) is 41.4 Å². The number of hydrogen-bond donors (Lipinski definition) is 6. The second kappa shape index (κ2) is 17.6. The molecule has 0 radical (unpaired) electrons. The largest absolute Gasteiger partial charge is 0.387 e. The van der Waals surface area contributed by atoms with E-state index in [2.05, 4.69) is 45.4 Å². The first-order valence-electron chi connectivity index (χ1n) is 19.1. The Morgan fingerprint density at radius 1 is 0.689 bits per heavy atom. The number of nitrogens with zero attached hydrogens (tertiary/aromatic N) is 8. The number of fused-ring (bicyclic) bond motifs is 4. The predicted octanol–water partition coefficient (Wildman–Crippen LogP) is 7.92. The van der Waals surface area contributed by atoms with Crippen molar-refractivity contribution in [3.63, 3.8) is 0 Å². The lowest BCUT2D eigenvalue weighted by atomic mass is 10.1. The molecule has 0 amide bonds. The van der Waals surface area contributed by atoms with Gasteiger partial charge in [-0.15, -0.1) is 0 Å². The Morgan fingerprint density at radius 3 is 1.75 bits per heavy atom. The van der Waals surface area contributed by atoms with E-state index in [0.717, 1.165) is 56.5 Å². The third-order valence-electron chi connectivity index (χ3n) is 9.91. The first kappa shape index (κ1) is 40.7. The molecule has 0 saturated heterocycles. The summed E-state index contributed by atoms with van der Waals surface area (Å²) in [5.74, 6) is -0.189. The minimum Gasteiger partial charge on any atom is -0.387 e. The Labute approximate surface area is 351 Å². The molecule has 0 aliphatic carbocycles. The lowest BCUT2D eigenvalue weighted by Crippen LogP contribution is -2.14. The van der Waals surface area contributed by atoms with Gasteiger partial charge in [-0.25, -0.2) is 23.3 Å². The van der Waals surface area contributed by atoms with Crippen molar-refractivity contribution in [1.29, 1.82) is 0 Å². The van der Waals surface area contributed by atoms with Crippen molar-refractivity contribution >= 4 is 50.5 Å². The molecule has 0 saturated carbocycles. The molecular formula is C44H39ClF2N12O2. The van der Waals surface area contributed by atoms with E-state index < -0.39 is 23.8 Å². The lowest BCUT2D eigenvalue weighted by Gasteiger charge is -2.14. The maximum absolute atomic E-state index is 13.7. The standard InChI is InChI=1S/C22H19FN6O.C12H8ClFN4.C10H12N2O/c1-13-8-27-29-21(7-19(28-22(13)29)14-6-15(23)10-24-9-14)26-12-20(30)17-11-25-18-5-3-2-4-16(17)18;1-7-4-16-18-11(13)3-10(17-12(7)18)8-2-9(14)6-15-5-8;11-5-10(13)8-6-12-9-4-2-1-3-7(8)9/h2-11,20,25-26,30H,12H2,1H3;2-6H,1H3;1-4,6,10,12-13H,5,11H2/t20-;;10-/m0.0/s1. The Hall–Kier alpha value is -7.11. The lowest BCUT2D eigenvalue weighted by molar-refractivity contribution is 0.188. The van der Waals surface area contributed by atoms with Gasteiger partial charge in [-0.3, -0.25) is 9.97 Å². The number of rotatable bonds is 8. The van der Waals surface area contributed by atoms with E-state index in [1.807, 2.05) is 74.8 Å². The Morgan fingerprint density at radius 2 is 1.20 bits per heavy atom. The van der Waals surface area contributed by atoms with E-state index in [0.29, 0.717) is 44.8 Å². The van der Waals surface area contributed by atoms with Gasteiger partial charge in [-0.1, -0.05) is 48.0 Å². The maximum Gasteiger partial charge on any atom is 0.160 e. The van der Waals surface area contributed by atoms with Crippen LogP contribution in [0.5, 0.6) is 0 Å². The molecule has 8 aromatic heterocycles. The van der Waals surface area contributed by atoms with Gasteiger partial charge in [0, 0.05) is 105 Å². The number of hydrogen-bond acceptors (Lipinski definition) is 10. The zero-order valence-corrected chi connectivity index (χ0v) is 33.6. The molecule has 0 spiro atoms. The van der Waals surface area contributed by atoms with Gasteiger partial charge in [-0.2, -0.15) is 14.7 Å². The fourth-order valence-electron chi connectivity index (χ4n) is 6.81. The summed E-state index contributed by atoms with van der Waals surface area (Å²) in [7, 11) is 0. The monoisotopic (exact) mass is 840 g/mol. The third-order valence-corrected chi connectivity index (χ3v) is 10.2. The van der Waals surface area contributed by atoms with E-state index in [1.165, 1.54) is 16.6 Å². The molecule has 0 aliphatic rings. The summed E-state index contributed by atoms with van der Waals surface area (Å²) >= 11 is 6.11. The molecule has 308 valence electrons. The topological polar surface area (TPSA) is 196 Å². The number of aliphatic hydroxyl groups is 2. The molecule has 61 heavy (non-hydrogen) atoms. The molecule has 17 heteroatoms. The number of nitrogens with two attached hydrogens (primary N) is 1. The second-order valence-electron chi connectivity index (χ2n) is 14.1. The van der Waals surface area contributed by atoms with Crippen LogP contribution in [0.3, 0.4) is 0 Å². The summed E-state index contributed by atoms with van der Waals surface area (Å²) in [6.45, 7) is 4.31. The molecule has 8 heterocycles. The number of aryl methyl sites for hydroxylation is 2. The van der Waals surface area contributed by atoms with Gasteiger partial charge in [0.15, 0.2) is 11.3 Å². The van der Waals surface area contributed by atoms with Crippen LogP contribution in [0, 0.1) is 25.5 Å². The summed E-state index contributed by atoms with van der Waals surface area (Å²) in [4.78, 5) is 23.0. The first-order valence-corrected chi connectivity index (χ1v) is 19.5. The molecule has 0 bridgehead atoms. The zero-order valence-electron chi connectivity index (χ0n) is 32.8. The second-order valence-corrected chi connectivity index (χ2v) is 14.5. The normalized spacial score (nSPS) is 12.3. The molecule has 7 N–H and O–H groups in total. The first-order chi connectivity index (χ1) is 29.6. The van der Waals surface area contributed by atoms with Crippen molar-refractivity contribution in [3.05, 3.63) is 161 Å². The Bertz CT molecular complexity index is 3130. The highest BCUT2D eigenvalue weighted by molar-refractivity contribution is 6.30. The molecule has 10 aromatic rings. The van der Waals surface area contributed by atoms with Gasteiger partial charge >= 0.3 is 0 Å². The SMILES string of the molecule is Cc1cnn2c(Cl)cc(-c3cncc(F)c3)nc12.Cc1cnn2c(NC[C@H](O)c3c[nH]c4ccccc34)cc(-c3cncc(F)c3)nc12.NC[C@H](O)c1c[nH]c2ccccc12. The van der Waals surface area contributed by atoms with Crippen LogP contribution in [0.1, 0.15) is 34.5 Å². The van der Waals surface area contributed by atoms with Crippen LogP contribution in [-0.2, 0) is 0 Å². The van der Waals surface area contributed by atoms with Crippen molar-refractivity contribution < 1.29 is 19.0 Å². The van der Waals surface area contributed by atoms with Crippen molar-refractivity contribution in [2.24, 2.45) is 5.73 Å². The van der Waals surface area contributed by atoms with Crippen LogP contribution in [0.25, 0.3) is 55.6 Å². The van der Waals surface area contributed by atoms with Crippen LogP contribution < -0.4 is 11.1 Å². The highest BCUT2D eigenvalue weighted by Crippen LogP contribution is 2.28. The van der Waals surface area contributed by atoms with Crippen LogP contribution in [0.15, 0.2) is 122 Å². The van der Waals surface area contributed by atoms with Crippen LogP contribution in [-0.4, -0.2) is 72.4 Å². The maximum atomic E-state index is 13.7. The van der Waals surface area contributed by atoms with Gasteiger partial charge in [-0.05, 0) is 38.1 Å². The minimum atomic E-state index is -0.736. The molecule has 0 aliphatic heterocycles. The number of H-pyrrole nitrogens is 2. The number of aromatic amines is 2. The minimum absolute atomic E-state index is 0.252. The number of anilines is 1. The van der Waals surface area contributed by atoms with Crippen molar-refractivity contribution in [1.82, 2.24) is 49.1 Å².